The van der Waals surface area contributed by atoms with Gasteiger partial charge in [0.2, 0.25) is 0 Å². The third kappa shape index (κ3) is 2.30. The van der Waals surface area contributed by atoms with Gasteiger partial charge in [-0.1, -0.05) is 11.6 Å². The van der Waals surface area contributed by atoms with E-state index in [1.54, 1.807) is 6.20 Å². The van der Waals surface area contributed by atoms with Gasteiger partial charge in [0.15, 0.2) is 0 Å². The van der Waals surface area contributed by atoms with Crippen LogP contribution in [-0.4, -0.2) is 23.3 Å². The van der Waals surface area contributed by atoms with E-state index in [-0.39, 0.29) is 11.2 Å². The Balaban J connectivity index is 1.87. The van der Waals surface area contributed by atoms with Crippen LogP contribution in [0.25, 0.3) is 0 Å². The summed E-state index contributed by atoms with van der Waals surface area (Å²) in [7, 11) is -0.432. The van der Waals surface area contributed by atoms with Gasteiger partial charge in [-0.2, -0.15) is 0 Å². The minimum atomic E-state index is -0.432. The molecule has 2 aliphatic rings. The monoisotopic (exact) mass is 279 g/mol. The van der Waals surface area contributed by atoms with Crippen molar-refractivity contribution in [1.82, 2.24) is 4.98 Å². The molecule has 0 unspecified atom stereocenters. The first kappa shape index (κ1) is 13.4. The molecule has 1 aromatic heterocycles. The summed E-state index contributed by atoms with van der Waals surface area (Å²) >= 11 is 6.37. The number of rotatable bonds is 2. The van der Waals surface area contributed by atoms with E-state index in [0.717, 1.165) is 11.2 Å². The van der Waals surface area contributed by atoms with Crippen molar-refractivity contribution in [3.05, 3.63) is 23.0 Å². The van der Waals surface area contributed by atoms with E-state index < -0.39 is 7.12 Å². The normalized spacial score (nSPS) is 24.8. The Morgan fingerprint density at radius 1 is 1.21 bits per heavy atom. The van der Waals surface area contributed by atoms with E-state index >= 15 is 0 Å². The molecule has 1 aliphatic heterocycles. The fourth-order valence-corrected chi connectivity index (χ4v) is 2.45. The lowest BCUT2D eigenvalue weighted by Crippen LogP contribution is -2.41. The van der Waals surface area contributed by atoms with E-state index in [0.29, 0.717) is 10.9 Å². The van der Waals surface area contributed by atoms with Crippen LogP contribution in [-0.2, 0) is 9.31 Å². The Labute approximate surface area is 119 Å². The van der Waals surface area contributed by atoms with Crippen molar-refractivity contribution in [3.63, 3.8) is 0 Å². The number of hydrogen-bond acceptors (Lipinski definition) is 3. The highest BCUT2D eigenvalue weighted by Gasteiger charge is 2.52. The molecule has 0 radical (unpaired) electrons. The Kier molecular flexibility index (Phi) is 2.97. The maximum atomic E-state index is 6.37. The minimum Gasteiger partial charge on any atom is -0.399 e. The van der Waals surface area contributed by atoms with Crippen LogP contribution in [0.2, 0.25) is 5.02 Å². The lowest BCUT2D eigenvalue weighted by molar-refractivity contribution is 0.00578. The lowest BCUT2D eigenvalue weighted by atomic mass is 9.80. The summed E-state index contributed by atoms with van der Waals surface area (Å²) in [5.41, 5.74) is 1.21. The van der Waals surface area contributed by atoms with Crippen LogP contribution in [0.5, 0.6) is 0 Å². The molecule has 0 N–H and O–H groups in total. The Hall–Kier alpha value is -0.575. The SMILES string of the molecule is CC1(C)OB(c2cnc(C3CC3)cc2Cl)OC1(C)C. The number of hydrogen-bond donors (Lipinski definition) is 0. The molecule has 1 saturated carbocycles. The molecule has 1 aromatic rings. The Morgan fingerprint density at radius 3 is 2.26 bits per heavy atom. The van der Waals surface area contributed by atoms with Gasteiger partial charge in [-0.05, 0) is 46.6 Å². The maximum absolute atomic E-state index is 6.37. The average molecular weight is 280 g/mol. The van der Waals surface area contributed by atoms with Gasteiger partial charge in [-0.25, -0.2) is 0 Å². The molecule has 3 rings (SSSR count). The highest BCUT2D eigenvalue weighted by molar-refractivity contribution is 6.65. The van der Waals surface area contributed by atoms with Crippen molar-refractivity contribution < 1.29 is 9.31 Å². The number of pyridine rings is 1. The molecule has 2 heterocycles. The third-order valence-corrected chi connectivity index (χ3v) is 4.73. The Morgan fingerprint density at radius 2 is 1.79 bits per heavy atom. The van der Waals surface area contributed by atoms with E-state index in [4.69, 9.17) is 20.9 Å². The summed E-state index contributed by atoms with van der Waals surface area (Å²) in [6.45, 7) is 8.14. The minimum absolute atomic E-state index is 0.351. The topological polar surface area (TPSA) is 31.4 Å². The summed E-state index contributed by atoms with van der Waals surface area (Å²) in [5.74, 6) is 0.602. The van der Waals surface area contributed by atoms with E-state index in [1.807, 2.05) is 33.8 Å². The van der Waals surface area contributed by atoms with Crippen molar-refractivity contribution in [2.24, 2.45) is 0 Å². The molecule has 0 atom stereocenters. The number of halogens is 1. The van der Waals surface area contributed by atoms with Crippen LogP contribution >= 0.6 is 11.6 Å². The second-order valence-electron chi connectivity index (χ2n) is 6.49. The van der Waals surface area contributed by atoms with Crippen molar-refractivity contribution >= 4 is 24.2 Å². The molecule has 0 spiro atoms. The van der Waals surface area contributed by atoms with Gasteiger partial charge >= 0.3 is 7.12 Å². The molecule has 3 nitrogen and oxygen atoms in total. The van der Waals surface area contributed by atoms with Crippen molar-refractivity contribution in [3.8, 4) is 0 Å². The second kappa shape index (κ2) is 4.21. The predicted molar refractivity (Wildman–Crippen MR) is 76.9 cm³/mol. The van der Waals surface area contributed by atoms with Crippen LogP contribution in [0.1, 0.15) is 52.1 Å². The summed E-state index contributed by atoms with van der Waals surface area (Å²) in [6, 6.07) is 1.96. The summed E-state index contributed by atoms with van der Waals surface area (Å²) < 4.78 is 12.0. The maximum Gasteiger partial charge on any atom is 0.497 e. The molecular formula is C14H19BClNO2. The number of nitrogens with zero attached hydrogens (tertiary/aromatic N) is 1. The highest BCUT2D eigenvalue weighted by atomic mass is 35.5. The summed E-state index contributed by atoms with van der Waals surface area (Å²) in [5, 5.41) is 0.690. The molecule has 0 bridgehead atoms. The first-order chi connectivity index (χ1) is 8.80. The van der Waals surface area contributed by atoms with Crippen molar-refractivity contribution in [1.29, 1.82) is 0 Å². The van der Waals surface area contributed by atoms with Crippen LogP contribution in [0.15, 0.2) is 12.3 Å². The quantitative estimate of drug-likeness (QED) is 0.780. The fraction of sp³-hybridized carbons (Fsp3) is 0.643. The molecule has 1 aliphatic carbocycles. The summed E-state index contributed by atoms with van der Waals surface area (Å²) in [4.78, 5) is 4.50. The first-order valence-corrected chi connectivity index (χ1v) is 7.19. The summed E-state index contributed by atoms with van der Waals surface area (Å²) in [6.07, 6.45) is 4.25. The van der Waals surface area contributed by atoms with Gasteiger partial charge in [-0.3, -0.25) is 4.98 Å². The molecular weight excluding hydrogens is 260 g/mol. The fourth-order valence-electron chi connectivity index (χ4n) is 2.20. The second-order valence-corrected chi connectivity index (χ2v) is 6.90. The van der Waals surface area contributed by atoms with Crippen LogP contribution in [0.3, 0.4) is 0 Å². The van der Waals surface area contributed by atoms with Gasteiger partial charge < -0.3 is 9.31 Å². The standard InChI is InChI=1S/C14H19BClNO2/c1-13(2)14(3,4)19-15(18-13)10-8-17-12(7-11(10)16)9-5-6-9/h7-9H,5-6H2,1-4H3. The number of aromatic nitrogens is 1. The molecule has 0 aromatic carbocycles. The van der Waals surface area contributed by atoms with Gasteiger partial charge in [0.05, 0.1) is 11.2 Å². The molecule has 0 amide bonds. The lowest BCUT2D eigenvalue weighted by Gasteiger charge is -2.32. The van der Waals surface area contributed by atoms with Gasteiger partial charge in [0.25, 0.3) is 0 Å². The molecule has 19 heavy (non-hydrogen) atoms. The third-order valence-electron chi connectivity index (χ3n) is 4.41. The van der Waals surface area contributed by atoms with Gasteiger partial charge in [-0.15, -0.1) is 0 Å². The average Bonchev–Trinajstić information content (AvgIpc) is 3.07. The highest BCUT2D eigenvalue weighted by Crippen LogP contribution is 2.40. The van der Waals surface area contributed by atoms with Gasteiger partial charge in [0, 0.05) is 28.3 Å². The van der Waals surface area contributed by atoms with Crippen LogP contribution in [0.4, 0.5) is 0 Å². The van der Waals surface area contributed by atoms with E-state index in [9.17, 15) is 0 Å². The van der Waals surface area contributed by atoms with Crippen molar-refractivity contribution in [2.45, 2.75) is 57.7 Å². The molecule has 102 valence electrons. The van der Waals surface area contributed by atoms with E-state index in [2.05, 4.69) is 4.98 Å². The zero-order valence-electron chi connectivity index (χ0n) is 11.9. The smallest absolute Gasteiger partial charge is 0.399 e. The molecule has 1 saturated heterocycles. The van der Waals surface area contributed by atoms with Gasteiger partial charge in [0.1, 0.15) is 0 Å². The first-order valence-electron chi connectivity index (χ1n) is 6.81. The zero-order valence-corrected chi connectivity index (χ0v) is 12.6. The van der Waals surface area contributed by atoms with Crippen LogP contribution in [0, 0.1) is 0 Å². The molecule has 5 heteroatoms. The van der Waals surface area contributed by atoms with Crippen LogP contribution < -0.4 is 5.46 Å². The molecule has 2 fully saturated rings. The largest absolute Gasteiger partial charge is 0.497 e. The van der Waals surface area contributed by atoms with E-state index in [1.165, 1.54) is 12.8 Å². The van der Waals surface area contributed by atoms with Crippen molar-refractivity contribution in [2.75, 3.05) is 0 Å². The Bertz CT molecular complexity index is 498. The predicted octanol–water partition coefficient (Wildman–Crippen LogP) is 2.91. The zero-order chi connectivity index (χ0) is 13.8.